The van der Waals surface area contributed by atoms with Crippen molar-refractivity contribution in [3.05, 3.63) is 46.7 Å². The van der Waals surface area contributed by atoms with Crippen molar-refractivity contribution in [3.8, 4) is 11.5 Å². The van der Waals surface area contributed by atoms with Crippen molar-refractivity contribution in [2.24, 2.45) is 0 Å². The molecule has 1 aromatic rings. The van der Waals surface area contributed by atoms with Gasteiger partial charge in [0.1, 0.15) is 0 Å². The predicted molar refractivity (Wildman–Crippen MR) is 85.9 cm³/mol. The van der Waals surface area contributed by atoms with Gasteiger partial charge in [-0.2, -0.15) is 0 Å². The summed E-state index contributed by atoms with van der Waals surface area (Å²) in [6.07, 6.45) is 4.23. The lowest BCUT2D eigenvalue weighted by molar-refractivity contribution is -0.139. The summed E-state index contributed by atoms with van der Waals surface area (Å²) in [7, 11) is 2.58. The largest absolute Gasteiger partial charge is 0.465 e. The van der Waals surface area contributed by atoms with E-state index in [4.69, 9.17) is 18.9 Å². The Labute approximate surface area is 144 Å². The van der Waals surface area contributed by atoms with Crippen molar-refractivity contribution in [1.29, 1.82) is 0 Å². The van der Waals surface area contributed by atoms with Crippen LogP contribution >= 0.6 is 0 Å². The second-order valence-electron chi connectivity index (χ2n) is 5.94. The third-order valence-electron chi connectivity index (χ3n) is 4.67. The van der Waals surface area contributed by atoms with Crippen LogP contribution < -0.4 is 9.47 Å². The fourth-order valence-electron chi connectivity index (χ4n) is 3.43. The van der Waals surface area contributed by atoms with Crippen molar-refractivity contribution < 1.29 is 28.5 Å². The Hall–Kier alpha value is -2.96. The van der Waals surface area contributed by atoms with Crippen molar-refractivity contribution in [1.82, 2.24) is 4.90 Å². The number of rotatable bonds is 2. The molecule has 1 unspecified atom stereocenters. The number of carbonyl (C=O) groups excluding carboxylic acids is 2. The standard InChI is InChI=1S/C18H17NO6/c1-22-17(20)12-6-14-11-7-16-15(24-9-25-16)5-10(11)3-4-19(14)8-13(12)18(21)23-2/h5-8,14H,3-4,9H2,1-2H3. The number of fused-ring (bicyclic) bond motifs is 4. The predicted octanol–water partition coefficient (Wildman–Crippen LogP) is 1.48. The molecule has 0 bridgehead atoms. The number of carbonyl (C=O) groups is 2. The quantitative estimate of drug-likeness (QED) is 0.753. The second-order valence-corrected chi connectivity index (χ2v) is 5.94. The van der Waals surface area contributed by atoms with E-state index < -0.39 is 11.9 Å². The zero-order valence-corrected chi connectivity index (χ0v) is 13.9. The van der Waals surface area contributed by atoms with E-state index in [9.17, 15) is 9.59 Å². The molecule has 3 aliphatic heterocycles. The fourth-order valence-corrected chi connectivity index (χ4v) is 3.43. The molecule has 0 fully saturated rings. The maximum absolute atomic E-state index is 12.2. The number of nitrogens with zero attached hydrogens (tertiary/aromatic N) is 1. The van der Waals surface area contributed by atoms with E-state index in [2.05, 4.69) is 0 Å². The summed E-state index contributed by atoms with van der Waals surface area (Å²) in [5, 5.41) is 0. The number of esters is 2. The lowest BCUT2D eigenvalue weighted by atomic mass is 9.87. The number of ether oxygens (including phenoxy) is 4. The van der Waals surface area contributed by atoms with E-state index in [0.717, 1.165) is 23.3 Å². The second kappa shape index (κ2) is 5.84. The van der Waals surface area contributed by atoms with Gasteiger partial charge >= 0.3 is 11.9 Å². The van der Waals surface area contributed by atoms with Crippen LogP contribution in [0.2, 0.25) is 0 Å². The molecule has 130 valence electrons. The average molecular weight is 343 g/mol. The van der Waals surface area contributed by atoms with Crippen LogP contribution in [0.15, 0.2) is 35.6 Å². The first kappa shape index (κ1) is 15.6. The Balaban J connectivity index is 1.80. The van der Waals surface area contributed by atoms with Crippen LogP contribution in [0.25, 0.3) is 0 Å². The lowest BCUT2D eigenvalue weighted by Gasteiger charge is -2.38. The monoisotopic (exact) mass is 343 g/mol. The third-order valence-corrected chi connectivity index (χ3v) is 4.67. The summed E-state index contributed by atoms with van der Waals surface area (Å²) in [6.45, 7) is 0.922. The molecule has 3 aliphatic rings. The topological polar surface area (TPSA) is 74.3 Å². The molecule has 0 aliphatic carbocycles. The van der Waals surface area contributed by atoms with E-state index in [1.807, 2.05) is 17.0 Å². The highest BCUT2D eigenvalue weighted by atomic mass is 16.7. The molecule has 7 nitrogen and oxygen atoms in total. The smallest absolute Gasteiger partial charge is 0.340 e. The van der Waals surface area contributed by atoms with E-state index in [0.29, 0.717) is 12.3 Å². The number of hydrogen-bond acceptors (Lipinski definition) is 7. The average Bonchev–Trinajstić information content (AvgIpc) is 3.11. The Bertz CT molecular complexity index is 825. The molecular formula is C18H17NO6. The van der Waals surface area contributed by atoms with E-state index in [1.54, 1.807) is 12.3 Å². The molecule has 0 saturated heterocycles. The van der Waals surface area contributed by atoms with Crippen LogP contribution in [0.5, 0.6) is 11.5 Å². The minimum absolute atomic E-state index is 0.180. The molecule has 0 N–H and O–H groups in total. The van der Waals surface area contributed by atoms with Gasteiger partial charge in [-0.3, -0.25) is 0 Å². The summed E-state index contributed by atoms with van der Waals surface area (Å²) >= 11 is 0. The highest BCUT2D eigenvalue weighted by molar-refractivity contribution is 6.07. The van der Waals surface area contributed by atoms with Gasteiger partial charge in [0.25, 0.3) is 0 Å². The summed E-state index contributed by atoms with van der Waals surface area (Å²) < 4.78 is 20.6. The summed E-state index contributed by atoms with van der Waals surface area (Å²) in [4.78, 5) is 26.3. The third kappa shape index (κ3) is 2.43. The SMILES string of the molecule is COC(=O)C1=CC2c3cc4c(cc3CCN2C=C1C(=O)OC)OCO4. The summed E-state index contributed by atoms with van der Waals surface area (Å²) in [5.41, 5.74) is 2.58. The highest BCUT2D eigenvalue weighted by Crippen LogP contribution is 2.43. The van der Waals surface area contributed by atoms with Crippen LogP contribution in [-0.4, -0.2) is 44.4 Å². The first-order chi connectivity index (χ1) is 12.1. The number of hydrogen-bond donors (Lipinski definition) is 0. The van der Waals surface area contributed by atoms with Gasteiger partial charge in [-0.25, -0.2) is 9.59 Å². The molecule has 0 spiro atoms. The van der Waals surface area contributed by atoms with Gasteiger partial charge in [-0.15, -0.1) is 0 Å². The van der Waals surface area contributed by atoms with Gasteiger partial charge in [0.05, 0.1) is 31.4 Å². The first-order valence-electron chi connectivity index (χ1n) is 7.91. The van der Waals surface area contributed by atoms with E-state index in [1.165, 1.54) is 14.2 Å². The Morgan fingerprint density at radius 1 is 1.08 bits per heavy atom. The van der Waals surface area contributed by atoms with E-state index in [-0.39, 0.29) is 24.0 Å². The van der Waals surface area contributed by atoms with Gasteiger partial charge in [0.2, 0.25) is 6.79 Å². The van der Waals surface area contributed by atoms with Crippen LogP contribution in [0, 0.1) is 0 Å². The van der Waals surface area contributed by atoms with Crippen LogP contribution in [-0.2, 0) is 25.5 Å². The highest BCUT2D eigenvalue weighted by Gasteiger charge is 2.35. The maximum Gasteiger partial charge on any atom is 0.340 e. The fraction of sp³-hybridized carbons (Fsp3) is 0.333. The molecule has 1 atom stereocenters. The first-order valence-corrected chi connectivity index (χ1v) is 7.91. The summed E-state index contributed by atoms with van der Waals surface area (Å²) in [5.74, 6) is 0.304. The lowest BCUT2D eigenvalue weighted by Crippen LogP contribution is -2.35. The van der Waals surface area contributed by atoms with Gasteiger partial charge in [0.15, 0.2) is 11.5 Å². The molecule has 7 heteroatoms. The Kier molecular flexibility index (Phi) is 3.63. The zero-order chi connectivity index (χ0) is 17.6. The number of benzene rings is 1. The van der Waals surface area contributed by atoms with Crippen molar-refractivity contribution in [2.45, 2.75) is 12.5 Å². The molecule has 3 heterocycles. The van der Waals surface area contributed by atoms with Gasteiger partial charge < -0.3 is 23.8 Å². The van der Waals surface area contributed by atoms with Crippen molar-refractivity contribution in [3.63, 3.8) is 0 Å². The van der Waals surface area contributed by atoms with Crippen molar-refractivity contribution in [2.75, 3.05) is 27.6 Å². The zero-order valence-electron chi connectivity index (χ0n) is 13.9. The van der Waals surface area contributed by atoms with Gasteiger partial charge in [-0.05, 0) is 35.8 Å². The molecule has 0 aromatic heterocycles. The molecule has 25 heavy (non-hydrogen) atoms. The van der Waals surface area contributed by atoms with E-state index >= 15 is 0 Å². The number of methoxy groups -OCH3 is 2. The molecule has 0 saturated carbocycles. The molecule has 0 amide bonds. The van der Waals surface area contributed by atoms with Crippen LogP contribution in [0.1, 0.15) is 17.2 Å². The van der Waals surface area contributed by atoms with Gasteiger partial charge in [-0.1, -0.05) is 0 Å². The molecule has 1 aromatic carbocycles. The van der Waals surface area contributed by atoms with Crippen molar-refractivity contribution >= 4 is 11.9 Å². The molecule has 0 radical (unpaired) electrons. The summed E-state index contributed by atoms with van der Waals surface area (Å²) in [6, 6.07) is 3.75. The normalized spacial score (nSPS) is 20.1. The molecule has 4 rings (SSSR count). The molecular weight excluding hydrogens is 326 g/mol. The Morgan fingerprint density at radius 2 is 1.76 bits per heavy atom. The minimum atomic E-state index is -0.566. The Morgan fingerprint density at radius 3 is 2.48 bits per heavy atom. The van der Waals surface area contributed by atoms with Gasteiger partial charge in [0, 0.05) is 12.7 Å². The van der Waals surface area contributed by atoms with Crippen LogP contribution in [0.3, 0.4) is 0 Å². The van der Waals surface area contributed by atoms with Crippen LogP contribution in [0.4, 0.5) is 0 Å². The minimum Gasteiger partial charge on any atom is -0.465 e. The maximum atomic E-state index is 12.2.